The molecule has 0 amide bonds. The Morgan fingerprint density at radius 3 is 2.75 bits per heavy atom. The smallest absolute Gasteiger partial charge is 0.199 e. The number of benzene rings is 2. The van der Waals surface area contributed by atoms with Crippen LogP contribution in [0.15, 0.2) is 57.3 Å². The zero-order valence-corrected chi connectivity index (χ0v) is 15.6. The van der Waals surface area contributed by atoms with E-state index < -0.39 is 0 Å². The third kappa shape index (κ3) is 4.57. The number of aromatic nitrogens is 2. The summed E-state index contributed by atoms with van der Waals surface area (Å²) < 4.78 is 15.6. The van der Waals surface area contributed by atoms with Crippen LogP contribution in [0.4, 0.5) is 5.82 Å². The fourth-order valence-electron chi connectivity index (χ4n) is 2.29. The molecule has 1 heterocycles. The number of nitrogen functional groups attached to an aromatic ring is 1. The van der Waals surface area contributed by atoms with Gasteiger partial charge in [0.2, 0.25) is 0 Å². The van der Waals surface area contributed by atoms with Crippen LogP contribution in [0.3, 0.4) is 0 Å². The number of nitrogens with zero attached hydrogens (tertiary/aromatic N) is 4. The number of anilines is 1. The van der Waals surface area contributed by atoms with Crippen LogP contribution in [-0.4, -0.2) is 29.5 Å². The maximum Gasteiger partial charge on any atom is 0.199 e. The molecule has 2 aromatic carbocycles. The highest BCUT2D eigenvalue weighted by Crippen LogP contribution is 2.26. The van der Waals surface area contributed by atoms with E-state index in [1.165, 1.54) is 6.21 Å². The highest BCUT2D eigenvalue weighted by molar-refractivity contribution is 6.32. The van der Waals surface area contributed by atoms with E-state index in [4.69, 9.17) is 32.5 Å². The minimum absolute atomic E-state index is 0.00853. The van der Waals surface area contributed by atoms with Crippen molar-refractivity contribution in [1.29, 1.82) is 0 Å². The zero-order valence-electron chi connectivity index (χ0n) is 14.9. The fraction of sp³-hybridized carbons (Fsp3) is 0.111. The number of hydrogen-bond donors (Lipinski definition) is 2. The second kappa shape index (κ2) is 8.87. The second-order valence-corrected chi connectivity index (χ2v) is 5.93. The Bertz CT molecular complexity index is 1020. The van der Waals surface area contributed by atoms with Crippen LogP contribution in [0.5, 0.6) is 11.5 Å². The Morgan fingerprint density at radius 2 is 2.04 bits per heavy atom. The Balaban J connectivity index is 1.75. The van der Waals surface area contributed by atoms with Gasteiger partial charge in [-0.25, -0.2) is 4.63 Å². The molecule has 0 fully saturated rings. The van der Waals surface area contributed by atoms with Gasteiger partial charge in [0.25, 0.3) is 0 Å². The van der Waals surface area contributed by atoms with Gasteiger partial charge in [-0.1, -0.05) is 23.7 Å². The molecule has 144 valence electrons. The van der Waals surface area contributed by atoms with E-state index in [0.717, 1.165) is 11.1 Å². The topological polar surface area (TPSA) is 134 Å². The van der Waals surface area contributed by atoms with E-state index in [9.17, 15) is 0 Å². The van der Waals surface area contributed by atoms with Gasteiger partial charge in [0, 0.05) is 5.56 Å². The van der Waals surface area contributed by atoms with Crippen LogP contribution in [0.2, 0.25) is 5.02 Å². The van der Waals surface area contributed by atoms with E-state index in [0.29, 0.717) is 16.5 Å². The molecule has 9 nitrogen and oxygen atoms in total. The molecule has 0 spiro atoms. The number of ether oxygens (including phenoxy) is 2. The zero-order chi connectivity index (χ0) is 19.9. The normalized spacial score (nSPS) is 11.7. The van der Waals surface area contributed by atoms with Gasteiger partial charge in [-0.15, -0.1) is 5.10 Å². The molecule has 28 heavy (non-hydrogen) atoms. The minimum atomic E-state index is -0.00853. The van der Waals surface area contributed by atoms with E-state index in [1.54, 1.807) is 25.3 Å². The second-order valence-electron chi connectivity index (χ2n) is 5.52. The van der Waals surface area contributed by atoms with Crippen molar-refractivity contribution in [1.82, 2.24) is 10.3 Å². The third-order valence-electron chi connectivity index (χ3n) is 3.65. The molecule has 3 aromatic rings. The monoisotopic (exact) mass is 400 g/mol. The molecule has 0 aliphatic heterocycles. The summed E-state index contributed by atoms with van der Waals surface area (Å²) in [6.45, 7) is 0.265. The molecule has 0 aliphatic carbocycles. The molecule has 0 aliphatic rings. The lowest BCUT2D eigenvalue weighted by molar-refractivity contribution is 0.297. The van der Waals surface area contributed by atoms with Gasteiger partial charge in [0.15, 0.2) is 17.3 Å². The molecule has 3 rings (SSSR count). The summed E-state index contributed by atoms with van der Waals surface area (Å²) in [6.07, 6.45) is 1.52. The van der Waals surface area contributed by atoms with Crippen molar-refractivity contribution in [2.24, 2.45) is 15.9 Å². The average molecular weight is 401 g/mol. The number of para-hydroxylation sites is 1. The van der Waals surface area contributed by atoms with Gasteiger partial charge in [-0.2, -0.15) is 5.10 Å². The fourth-order valence-corrected chi connectivity index (χ4v) is 2.48. The van der Waals surface area contributed by atoms with Crippen LogP contribution < -0.4 is 20.9 Å². The predicted molar refractivity (Wildman–Crippen MR) is 106 cm³/mol. The minimum Gasteiger partial charge on any atom is -0.496 e. The Kier molecular flexibility index (Phi) is 6.07. The van der Waals surface area contributed by atoms with E-state index >= 15 is 0 Å². The van der Waals surface area contributed by atoms with Crippen molar-refractivity contribution < 1.29 is 14.1 Å². The van der Waals surface area contributed by atoms with Gasteiger partial charge in [-0.05, 0) is 46.2 Å². The summed E-state index contributed by atoms with van der Waals surface area (Å²) in [5, 5.41) is 15.3. The maximum atomic E-state index is 6.12. The van der Waals surface area contributed by atoms with Crippen molar-refractivity contribution >= 4 is 29.5 Å². The molecule has 0 saturated carbocycles. The molecular formula is C18H17ClN6O3. The van der Waals surface area contributed by atoms with E-state index in [2.05, 4.69) is 25.1 Å². The summed E-state index contributed by atoms with van der Waals surface area (Å²) >= 11 is 6.12. The van der Waals surface area contributed by atoms with E-state index in [1.807, 2.05) is 24.3 Å². The lowest BCUT2D eigenvalue weighted by Crippen LogP contribution is -2.15. The Hall–Kier alpha value is -3.59. The highest BCUT2D eigenvalue weighted by atomic mass is 35.5. The summed E-state index contributed by atoms with van der Waals surface area (Å²) in [6, 6.07) is 12.7. The van der Waals surface area contributed by atoms with Crippen LogP contribution in [0, 0.1) is 0 Å². The molecule has 0 atom stereocenters. The number of halogens is 1. The van der Waals surface area contributed by atoms with Crippen molar-refractivity contribution in [2.75, 3.05) is 12.8 Å². The first-order chi connectivity index (χ1) is 13.6. The molecule has 4 N–H and O–H groups in total. The SMILES string of the molecule is COc1ccc(C=N/N=C(\N)c2nonc2N)cc1COc1ccccc1Cl. The van der Waals surface area contributed by atoms with Crippen molar-refractivity contribution in [3.63, 3.8) is 0 Å². The average Bonchev–Trinajstić information content (AvgIpc) is 3.13. The molecule has 0 radical (unpaired) electrons. The summed E-state index contributed by atoms with van der Waals surface area (Å²) in [5.41, 5.74) is 13.0. The first-order valence-corrected chi connectivity index (χ1v) is 8.45. The maximum absolute atomic E-state index is 6.12. The standard InChI is InChI=1S/C18H17ClN6O3/c1-26-14-7-6-11(9-22-23-17(20)16-18(21)25-28-24-16)8-12(14)10-27-15-5-3-2-4-13(15)19/h2-9H,10H2,1H3,(H2,20,23)(H2,21,25). The molecule has 0 bridgehead atoms. The molecule has 1 aromatic heterocycles. The number of amidine groups is 1. The van der Waals surface area contributed by atoms with Gasteiger partial charge < -0.3 is 20.9 Å². The molecular weight excluding hydrogens is 384 g/mol. The van der Waals surface area contributed by atoms with Crippen molar-refractivity contribution in [3.8, 4) is 11.5 Å². The van der Waals surface area contributed by atoms with Crippen LogP contribution in [0.25, 0.3) is 0 Å². The number of methoxy groups -OCH3 is 1. The number of rotatable bonds is 7. The number of hydrogen-bond acceptors (Lipinski definition) is 8. The summed E-state index contributed by atoms with van der Waals surface area (Å²) in [7, 11) is 1.59. The Labute approximate surface area is 165 Å². The van der Waals surface area contributed by atoms with Gasteiger partial charge in [0.1, 0.15) is 18.1 Å². The van der Waals surface area contributed by atoms with E-state index in [-0.39, 0.29) is 24.0 Å². The Morgan fingerprint density at radius 1 is 1.21 bits per heavy atom. The summed E-state index contributed by atoms with van der Waals surface area (Å²) in [4.78, 5) is 0. The third-order valence-corrected chi connectivity index (χ3v) is 3.97. The first kappa shape index (κ1) is 19.2. The quantitative estimate of drug-likeness (QED) is 0.353. The summed E-state index contributed by atoms with van der Waals surface area (Å²) in [5.74, 6) is 1.29. The lowest BCUT2D eigenvalue weighted by atomic mass is 10.1. The largest absolute Gasteiger partial charge is 0.496 e. The van der Waals surface area contributed by atoms with Crippen molar-refractivity contribution in [3.05, 3.63) is 64.3 Å². The molecule has 0 unspecified atom stereocenters. The van der Waals surface area contributed by atoms with Crippen LogP contribution in [0.1, 0.15) is 16.8 Å². The first-order valence-electron chi connectivity index (χ1n) is 8.07. The van der Waals surface area contributed by atoms with Crippen LogP contribution >= 0.6 is 11.6 Å². The predicted octanol–water partition coefficient (Wildman–Crippen LogP) is 2.63. The van der Waals surface area contributed by atoms with Gasteiger partial charge in [-0.3, -0.25) is 0 Å². The number of nitrogens with two attached hydrogens (primary N) is 2. The van der Waals surface area contributed by atoms with Gasteiger partial charge >= 0.3 is 0 Å². The molecule has 0 saturated heterocycles. The highest BCUT2D eigenvalue weighted by Gasteiger charge is 2.10. The lowest BCUT2D eigenvalue weighted by Gasteiger charge is -2.12. The van der Waals surface area contributed by atoms with Crippen LogP contribution in [-0.2, 0) is 6.61 Å². The van der Waals surface area contributed by atoms with Crippen molar-refractivity contribution in [2.45, 2.75) is 6.61 Å². The van der Waals surface area contributed by atoms with Gasteiger partial charge in [0.05, 0.1) is 18.3 Å². The molecule has 10 heteroatoms.